The second-order valence-electron chi connectivity index (χ2n) is 10.7. The van der Waals surface area contributed by atoms with Crippen molar-refractivity contribution >= 4 is 24.4 Å². The fourth-order valence-electron chi connectivity index (χ4n) is 2.71. The van der Waals surface area contributed by atoms with Gasteiger partial charge in [-0.3, -0.25) is 0 Å². The molecule has 8 heteroatoms. The quantitative estimate of drug-likeness (QED) is 0.214. The van der Waals surface area contributed by atoms with Crippen molar-refractivity contribution in [2.75, 3.05) is 13.2 Å². The van der Waals surface area contributed by atoms with E-state index in [9.17, 15) is 13.2 Å². The Morgan fingerprint density at radius 2 is 1.65 bits per heavy atom. The summed E-state index contributed by atoms with van der Waals surface area (Å²) >= 11 is 0. The molecule has 0 fully saturated rings. The van der Waals surface area contributed by atoms with Crippen LogP contribution in [0.25, 0.3) is 0 Å². The largest absolute Gasteiger partial charge is 0.444 e. The van der Waals surface area contributed by atoms with Crippen molar-refractivity contribution in [3.63, 3.8) is 0 Å². The van der Waals surface area contributed by atoms with Gasteiger partial charge in [-0.25, -0.2) is 13.2 Å². The van der Waals surface area contributed by atoms with Gasteiger partial charge in [-0.1, -0.05) is 50.1 Å². The Morgan fingerprint density at radius 3 is 2.15 bits per heavy atom. The smallest absolute Gasteiger partial charge is 0.424 e. The van der Waals surface area contributed by atoms with Gasteiger partial charge < -0.3 is 9.16 Å². The van der Waals surface area contributed by atoms with Crippen LogP contribution in [0.2, 0.25) is 18.1 Å². The molecule has 0 bridgehead atoms. The van der Waals surface area contributed by atoms with E-state index >= 15 is 0 Å². The fraction of sp³-hybridized carbons (Fsp3) is 0.538. The molecule has 1 amide bonds. The van der Waals surface area contributed by atoms with Crippen LogP contribution in [-0.2, 0) is 19.2 Å². The van der Waals surface area contributed by atoms with E-state index in [1.807, 2.05) is 34.6 Å². The number of amides is 1. The topological polar surface area (TPSA) is 72.9 Å². The predicted octanol–water partition coefficient (Wildman–Crippen LogP) is 6.60. The van der Waals surface area contributed by atoms with Gasteiger partial charge in [0.25, 0.3) is 10.0 Å². The van der Waals surface area contributed by atoms with Crippen LogP contribution in [0.3, 0.4) is 0 Å². The number of hydrogen-bond donors (Lipinski definition) is 0. The number of aryl methyl sites for hydroxylation is 1. The number of hydrogen-bond acceptors (Lipinski definition) is 5. The summed E-state index contributed by atoms with van der Waals surface area (Å²) in [5, 5.41) is 0.0784. The van der Waals surface area contributed by atoms with Crippen molar-refractivity contribution in [3.05, 3.63) is 59.4 Å². The zero-order valence-electron chi connectivity index (χ0n) is 22.4. The van der Waals surface area contributed by atoms with Crippen molar-refractivity contribution in [1.82, 2.24) is 4.31 Å². The summed E-state index contributed by atoms with van der Waals surface area (Å²) in [7, 11) is -6.02. The molecule has 0 saturated carbocycles. The van der Waals surface area contributed by atoms with E-state index in [2.05, 4.69) is 39.6 Å². The summed E-state index contributed by atoms with van der Waals surface area (Å²) in [6.07, 6.45) is 4.08. The maximum absolute atomic E-state index is 13.1. The van der Waals surface area contributed by atoms with E-state index in [1.54, 1.807) is 30.4 Å². The molecule has 0 N–H and O–H groups in total. The number of allylic oxidation sites excluding steroid dienone is 1. The molecule has 1 aromatic rings. The lowest BCUT2D eigenvalue weighted by molar-refractivity contribution is 0.139. The lowest BCUT2D eigenvalue weighted by Gasteiger charge is -2.41. The van der Waals surface area contributed by atoms with Crippen LogP contribution in [0.1, 0.15) is 54.0 Å². The molecule has 0 aliphatic heterocycles. The molecule has 0 aliphatic rings. The molecule has 0 saturated heterocycles. The Kier molecular flexibility index (Phi) is 10.1. The molecule has 190 valence electrons. The minimum absolute atomic E-state index is 0.0390. The summed E-state index contributed by atoms with van der Waals surface area (Å²) in [6.45, 7) is 20.2. The molecular weight excluding hydrogens is 466 g/mol. The van der Waals surface area contributed by atoms with Gasteiger partial charge in [0.2, 0.25) is 0 Å². The molecule has 1 rings (SSSR count). The molecular formula is C26H41NO5SSi. The predicted molar refractivity (Wildman–Crippen MR) is 141 cm³/mol. The summed E-state index contributed by atoms with van der Waals surface area (Å²) in [5.74, 6) is 0. The summed E-state index contributed by atoms with van der Waals surface area (Å²) in [4.78, 5) is 12.8. The van der Waals surface area contributed by atoms with E-state index < -0.39 is 30.0 Å². The van der Waals surface area contributed by atoms with E-state index in [-0.39, 0.29) is 23.1 Å². The van der Waals surface area contributed by atoms with Crippen LogP contribution < -0.4 is 0 Å². The van der Waals surface area contributed by atoms with Gasteiger partial charge in [0.15, 0.2) is 8.32 Å². The van der Waals surface area contributed by atoms with E-state index in [4.69, 9.17) is 9.16 Å². The number of rotatable bonds is 9. The first-order valence-corrected chi connectivity index (χ1v) is 15.8. The Morgan fingerprint density at radius 1 is 1.09 bits per heavy atom. The highest BCUT2D eigenvalue weighted by molar-refractivity contribution is 7.89. The monoisotopic (exact) mass is 507 g/mol. The molecule has 0 unspecified atom stereocenters. The van der Waals surface area contributed by atoms with E-state index in [0.29, 0.717) is 0 Å². The second-order valence-corrected chi connectivity index (χ2v) is 17.3. The average Bonchev–Trinajstić information content (AvgIpc) is 2.66. The van der Waals surface area contributed by atoms with Crippen LogP contribution in [0.4, 0.5) is 4.79 Å². The molecule has 0 atom stereocenters. The van der Waals surface area contributed by atoms with E-state index in [0.717, 1.165) is 15.4 Å². The lowest BCUT2D eigenvalue weighted by Crippen LogP contribution is -2.46. The van der Waals surface area contributed by atoms with Gasteiger partial charge in [0.05, 0.1) is 17.0 Å². The minimum atomic E-state index is -4.06. The standard InChI is InChI=1S/C26H41NO5SSi/c1-21(2)17-19-27(33(29,30)23-15-13-22(3)14-16-23)24(28)31-20-12-11-18-26(7,8)32-34(9,10)25(4,5)6/h12-18H,19-20H2,1-10H3. The highest BCUT2D eigenvalue weighted by Gasteiger charge is 2.40. The summed E-state index contributed by atoms with van der Waals surface area (Å²) < 4.78 is 38.6. The number of nitrogens with zero attached hydrogens (tertiary/aromatic N) is 1. The molecule has 0 heterocycles. The van der Waals surface area contributed by atoms with Crippen LogP contribution >= 0.6 is 0 Å². The maximum atomic E-state index is 13.1. The van der Waals surface area contributed by atoms with Crippen LogP contribution in [0, 0.1) is 6.92 Å². The van der Waals surface area contributed by atoms with Crippen LogP contribution in [-0.4, -0.2) is 45.9 Å². The number of benzene rings is 1. The zero-order valence-corrected chi connectivity index (χ0v) is 24.2. The lowest BCUT2D eigenvalue weighted by atomic mass is 10.1. The maximum Gasteiger partial charge on any atom is 0.424 e. The highest BCUT2D eigenvalue weighted by atomic mass is 32.2. The first-order chi connectivity index (χ1) is 15.4. The highest BCUT2D eigenvalue weighted by Crippen LogP contribution is 2.39. The van der Waals surface area contributed by atoms with Crippen molar-refractivity contribution in [1.29, 1.82) is 0 Å². The van der Waals surface area contributed by atoms with E-state index in [1.165, 1.54) is 12.1 Å². The number of sulfonamides is 1. The summed E-state index contributed by atoms with van der Waals surface area (Å²) in [5.41, 5.74) is 4.30. The Balaban J connectivity index is 2.97. The van der Waals surface area contributed by atoms with Gasteiger partial charge in [-0.2, -0.15) is 4.31 Å². The molecule has 0 radical (unpaired) electrons. The normalized spacial score (nSPS) is 12.4. The molecule has 0 aliphatic carbocycles. The fourth-order valence-corrected chi connectivity index (χ4v) is 5.64. The van der Waals surface area contributed by atoms with Crippen LogP contribution in [0.15, 0.2) is 58.7 Å². The number of ether oxygens (including phenoxy) is 1. The van der Waals surface area contributed by atoms with Crippen molar-refractivity contribution < 1.29 is 22.4 Å². The molecule has 1 aromatic carbocycles. The van der Waals surface area contributed by atoms with Crippen molar-refractivity contribution in [3.8, 4) is 0 Å². The third-order valence-electron chi connectivity index (χ3n) is 5.64. The second kappa shape index (κ2) is 11.5. The van der Waals surface area contributed by atoms with Gasteiger partial charge in [-0.05, 0) is 77.0 Å². The van der Waals surface area contributed by atoms with Gasteiger partial charge >= 0.3 is 6.09 Å². The minimum Gasteiger partial charge on any atom is -0.444 e. The Labute approximate surface area is 207 Å². The molecule has 0 spiro atoms. The number of carbonyl (C=O) groups is 1. The zero-order chi connectivity index (χ0) is 26.4. The molecule has 0 aromatic heterocycles. The van der Waals surface area contributed by atoms with Gasteiger partial charge in [0, 0.05) is 0 Å². The Bertz CT molecular complexity index is 1040. The Hall–Kier alpha value is -2.12. The van der Waals surface area contributed by atoms with Gasteiger partial charge in [0.1, 0.15) is 6.61 Å². The first kappa shape index (κ1) is 29.9. The first-order valence-electron chi connectivity index (χ1n) is 11.4. The molecule has 34 heavy (non-hydrogen) atoms. The van der Waals surface area contributed by atoms with Crippen LogP contribution in [0.5, 0.6) is 0 Å². The summed E-state index contributed by atoms with van der Waals surface area (Å²) in [6, 6.07) is 6.36. The third-order valence-corrected chi connectivity index (χ3v) is 12.0. The number of carbonyl (C=O) groups excluding carboxylic acids is 1. The SMILES string of the molecule is CC(C)=CCN(C(=O)OCC=C=CC(C)(C)O[Si](C)(C)C(C)(C)C)S(=O)(=O)c1ccc(C)cc1. The molecule has 6 nitrogen and oxygen atoms in total. The van der Waals surface area contributed by atoms with Crippen molar-refractivity contribution in [2.24, 2.45) is 0 Å². The van der Waals surface area contributed by atoms with Crippen molar-refractivity contribution in [2.45, 2.75) is 84.0 Å². The average molecular weight is 508 g/mol. The third kappa shape index (κ3) is 8.91. The van der Waals surface area contributed by atoms with Gasteiger partial charge in [-0.15, -0.1) is 5.73 Å².